The number of nitrogens with one attached hydrogen (secondary N) is 2. The Hall–Kier alpha value is -2.87. The highest BCUT2D eigenvalue weighted by Gasteiger charge is 2.25. The molecule has 2 heterocycles. The standard InChI is InChI=1S/C20H26N2O6/c1-7-27-19(25)16-10(3)17(21-12(16)5)14(24)8-28-20(26)18-9(2)15(13(6)23)11(4)22-18/h13,21-23H,7-8H2,1-6H3/t13-/m1/s1. The van der Waals surface area contributed by atoms with Crippen LogP contribution in [0.1, 0.15) is 79.4 Å². The summed E-state index contributed by atoms with van der Waals surface area (Å²) in [5.74, 6) is -1.65. The van der Waals surface area contributed by atoms with Crippen LogP contribution < -0.4 is 0 Å². The van der Waals surface area contributed by atoms with Gasteiger partial charge >= 0.3 is 11.9 Å². The predicted octanol–water partition coefficient (Wildman–Crippen LogP) is 2.85. The van der Waals surface area contributed by atoms with Gasteiger partial charge in [-0.3, -0.25) is 4.79 Å². The van der Waals surface area contributed by atoms with E-state index in [0.717, 1.165) is 0 Å². The van der Waals surface area contributed by atoms with Crippen molar-refractivity contribution in [3.05, 3.63) is 45.0 Å². The lowest BCUT2D eigenvalue weighted by Gasteiger charge is -2.06. The molecule has 0 radical (unpaired) electrons. The average Bonchev–Trinajstić information content (AvgIpc) is 3.08. The summed E-state index contributed by atoms with van der Waals surface area (Å²) in [6.07, 6.45) is -0.731. The van der Waals surface area contributed by atoms with Crippen LogP contribution in [0, 0.1) is 27.7 Å². The SMILES string of the molecule is CCOC(=O)c1c(C)[nH]c(C(=O)COC(=O)c2[nH]c(C)c([C@@H](C)O)c2C)c1C. The number of carbonyl (C=O) groups excluding carboxylic acids is 3. The molecule has 2 aromatic rings. The second-order valence-corrected chi connectivity index (χ2v) is 6.68. The van der Waals surface area contributed by atoms with Crippen LogP contribution in [0.3, 0.4) is 0 Å². The van der Waals surface area contributed by atoms with E-state index in [4.69, 9.17) is 9.47 Å². The van der Waals surface area contributed by atoms with E-state index >= 15 is 0 Å². The number of H-pyrrole nitrogens is 2. The van der Waals surface area contributed by atoms with Gasteiger partial charge in [-0.2, -0.15) is 0 Å². The van der Waals surface area contributed by atoms with Crippen LogP contribution in [0.15, 0.2) is 0 Å². The number of rotatable bonds is 7. The maximum Gasteiger partial charge on any atom is 0.355 e. The zero-order valence-corrected chi connectivity index (χ0v) is 17.0. The number of hydrogen-bond acceptors (Lipinski definition) is 6. The smallest absolute Gasteiger partial charge is 0.355 e. The number of aromatic amines is 2. The van der Waals surface area contributed by atoms with Gasteiger partial charge in [-0.25, -0.2) is 9.59 Å². The van der Waals surface area contributed by atoms with Crippen molar-refractivity contribution in [3.8, 4) is 0 Å². The summed E-state index contributed by atoms with van der Waals surface area (Å²) in [5.41, 5.74) is 3.58. The molecule has 0 aliphatic carbocycles. The van der Waals surface area contributed by atoms with Gasteiger partial charge in [0, 0.05) is 17.0 Å². The Morgan fingerprint density at radius 2 is 1.54 bits per heavy atom. The van der Waals surface area contributed by atoms with Gasteiger partial charge in [0.1, 0.15) is 5.69 Å². The van der Waals surface area contributed by atoms with E-state index < -0.39 is 30.4 Å². The van der Waals surface area contributed by atoms with Gasteiger partial charge in [0.05, 0.1) is 24.0 Å². The van der Waals surface area contributed by atoms with Crippen molar-refractivity contribution in [1.82, 2.24) is 9.97 Å². The normalized spacial score (nSPS) is 12.0. The zero-order valence-electron chi connectivity index (χ0n) is 17.0. The van der Waals surface area contributed by atoms with Crippen molar-refractivity contribution in [1.29, 1.82) is 0 Å². The molecule has 1 atom stereocenters. The third-order valence-corrected chi connectivity index (χ3v) is 4.65. The van der Waals surface area contributed by atoms with Gasteiger partial charge in [0.2, 0.25) is 5.78 Å². The highest BCUT2D eigenvalue weighted by molar-refractivity contribution is 6.03. The Morgan fingerprint density at radius 3 is 2.07 bits per heavy atom. The molecular formula is C20H26N2O6. The molecule has 28 heavy (non-hydrogen) atoms. The summed E-state index contributed by atoms with van der Waals surface area (Å²) in [7, 11) is 0. The number of aliphatic hydroxyl groups excluding tert-OH is 1. The number of ether oxygens (including phenoxy) is 2. The molecule has 0 amide bonds. The minimum absolute atomic E-state index is 0.202. The monoisotopic (exact) mass is 390 g/mol. The van der Waals surface area contributed by atoms with Gasteiger partial charge in [0.15, 0.2) is 6.61 Å². The third kappa shape index (κ3) is 4.01. The average molecular weight is 390 g/mol. The quantitative estimate of drug-likeness (QED) is 0.494. The van der Waals surface area contributed by atoms with Gasteiger partial charge in [0.25, 0.3) is 0 Å². The Balaban J connectivity index is 2.15. The van der Waals surface area contributed by atoms with Crippen LogP contribution in [0.5, 0.6) is 0 Å². The first-order chi connectivity index (χ1) is 13.1. The number of ketones is 1. The fraction of sp³-hybridized carbons (Fsp3) is 0.450. The molecule has 0 fully saturated rings. The number of aromatic nitrogens is 2. The molecular weight excluding hydrogens is 364 g/mol. The van der Waals surface area contributed by atoms with Crippen molar-refractivity contribution in [2.75, 3.05) is 13.2 Å². The first-order valence-electron chi connectivity index (χ1n) is 9.03. The van der Waals surface area contributed by atoms with E-state index in [1.165, 1.54) is 0 Å². The number of aliphatic hydroxyl groups is 1. The fourth-order valence-electron chi connectivity index (χ4n) is 3.41. The second-order valence-electron chi connectivity index (χ2n) is 6.68. The maximum atomic E-state index is 12.5. The Bertz CT molecular complexity index is 920. The third-order valence-electron chi connectivity index (χ3n) is 4.65. The molecule has 0 aliphatic rings. The molecule has 0 spiro atoms. The summed E-state index contributed by atoms with van der Waals surface area (Å²) in [5, 5.41) is 9.82. The maximum absolute atomic E-state index is 12.5. The number of esters is 2. The van der Waals surface area contributed by atoms with Gasteiger partial charge < -0.3 is 24.5 Å². The van der Waals surface area contributed by atoms with Crippen LogP contribution in [0.4, 0.5) is 0 Å². The van der Waals surface area contributed by atoms with E-state index in [1.807, 2.05) is 0 Å². The molecule has 0 saturated carbocycles. The van der Waals surface area contributed by atoms with Crippen molar-refractivity contribution < 1.29 is 29.0 Å². The highest BCUT2D eigenvalue weighted by Crippen LogP contribution is 2.25. The second kappa shape index (κ2) is 8.43. The Kier molecular flexibility index (Phi) is 6.45. The number of aryl methyl sites for hydroxylation is 2. The molecule has 2 aromatic heterocycles. The molecule has 0 aromatic carbocycles. The van der Waals surface area contributed by atoms with Crippen LogP contribution in [-0.2, 0) is 9.47 Å². The number of hydrogen-bond donors (Lipinski definition) is 3. The lowest BCUT2D eigenvalue weighted by atomic mass is 10.1. The molecule has 8 heteroatoms. The van der Waals surface area contributed by atoms with Crippen molar-refractivity contribution in [2.24, 2.45) is 0 Å². The minimum Gasteiger partial charge on any atom is -0.462 e. The van der Waals surface area contributed by atoms with E-state index in [9.17, 15) is 19.5 Å². The predicted molar refractivity (Wildman–Crippen MR) is 102 cm³/mol. The van der Waals surface area contributed by atoms with Crippen LogP contribution >= 0.6 is 0 Å². The minimum atomic E-state index is -0.731. The van der Waals surface area contributed by atoms with Crippen LogP contribution in [0.25, 0.3) is 0 Å². The van der Waals surface area contributed by atoms with Gasteiger partial charge in [-0.15, -0.1) is 0 Å². The van der Waals surface area contributed by atoms with E-state index in [0.29, 0.717) is 33.6 Å². The highest BCUT2D eigenvalue weighted by atomic mass is 16.5. The molecule has 3 N–H and O–H groups in total. The van der Waals surface area contributed by atoms with Gasteiger partial charge in [-0.05, 0) is 52.7 Å². The van der Waals surface area contributed by atoms with Crippen LogP contribution in [0.2, 0.25) is 0 Å². The molecule has 0 bridgehead atoms. The molecule has 0 aliphatic heterocycles. The molecule has 0 saturated heterocycles. The summed E-state index contributed by atoms with van der Waals surface area (Å²) in [6, 6.07) is 0. The first-order valence-corrected chi connectivity index (χ1v) is 9.03. The molecule has 152 valence electrons. The van der Waals surface area contributed by atoms with Crippen molar-refractivity contribution in [3.63, 3.8) is 0 Å². The number of Topliss-reactive ketones (excluding diaryl/α,β-unsaturated/α-hetero) is 1. The van der Waals surface area contributed by atoms with Gasteiger partial charge in [-0.1, -0.05) is 0 Å². The largest absolute Gasteiger partial charge is 0.462 e. The molecule has 8 nitrogen and oxygen atoms in total. The zero-order chi connectivity index (χ0) is 21.2. The summed E-state index contributed by atoms with van der Waals surface area (Å²) >= 11 is 0. The van der Waals surface area contributed by atoms with E-state index in [1.54, 1.807) is 41.5 Å². The molecule has 2 rings (SSSR count). The molecule has 0 unspecified atom stereocenters. The Morgan fingerprint density at radius 1 is 0.929 bits per heavy atom. The summed E-state index contributed by atoms with van der Waals surface area (Å²) in [4.78, 5) is 42.7. The van der Waals surface area contributed by atoms with E-state index in [-0.39, 0.29) is 18.0 Å². The van der Waals surface area contributed by atoms with E-state index in [2.05, 4.69) is 9.97 Å². The summed E-state index contributed by atoms with van der Waals surface area (Å²) in [6.45, 7) is 9.82. The van der Waals surface area contributed by atoms with Crippen molar-refractivity contribution >= 4 is 17.7 Å². The van der Waals surface area contributed by atoms with Crippen LogP contribution in [-0.4, -0.2) is 46.0 Å². The van der Waals surface area contributed by atoms with Crippen molar-refractivity contribution in [2.45, 2.75) is 47.6 Å². The topological polar surface area (TPSA) is 121 Å². The number of carbonyl (C=O) groups is 3. The lowest BCUT2D eigenvalue weighted by Crippen LogP contribution is -2.16. The summed E-state index contributed by atoms with van der Waals surface area (Å²) < 4.78 is 10.2. The first kappa shape index (κ1) is 21.4. The Labute approximate surface area is 163 Å². The fourth-order valence-corrected chi connectivity index (χ4v) is 3.41. The lowest BCUT2D eigenvalue weighted by molar-refractivity contribution is 0.0466.